The predicted molar refractivity (Wildman–Crippen MR) is 125 cm³/mol. The van der Waals surface area contributed by atoms with Gasteiger partial charge in [-0.2, -0.15) is 0 Å². The minimum absolute atomic E-state index is 0.0132. The molecule has 0 aliphatic carbocycles. The van der Waals surface area contributed by atoms with E-state index in [-0.39, 0.29) is 11.2 Å². The molecule has 0 aliphatic rings. The Bertz CT molecular complexity index is 1120. The van der Waals surface area contributed by atoms with Crippen molar-refractivity contribution in [2.45, 2.75) is 39.2 Å². The van der Waals surface area contributed by atoms with E-state index in [9.17, 15) is 9.59 Å². The number of methoxy groups -OCH3 is 1. The minimum atomic E-state index is -0.860. The topological polar surface area (TPSA) is 52.6 Å². The second-order valence-corrected chi connectivity index (χ2v) is 8.58. The van der Waals surface area contributed by atoms with Gasteiger partial charge >= 0.3 is 5.97 Å². The number of ether oxygens (including phenoxy) is 2. The van der Waals surface area contributed by atoms with Gasteiger partial charge in [0, 0.05) is 11.6 Å². The molecule has 0 heterocycles. The zero-order valence-corrected chi connectivity index (χ0v) is 18.6. The average molecular weight is 417 g/mol. The molecule has 0 saturated carbocycles. The van der Waals surface area contributed by atoms with Crippen molar-refractivity contribution in [3.05, 3.63) is 83.4 Å². The van der Waals surface area contributed by atoms with Gasteiger partial charge in [0.25, 0.3) is 0 Å². The van der Waals surface area contributed by atoms with Crippen molar-refractivity contribution in [2.24, 2.45) is 0 Å². The number of hydrogen-bond donors (Lipinski definition) is 0. The fourth-order valence-electron chi connectivity index (χ4n) is 3.27. The summed E-state index contributed by atoms with van der Waals surface area (Å²) in [5.74, 6) is 0.0231. The lowest BCUT2D eigenvalue weighted by Crippen LogP contribution is -2.23. The third-order valence-electron chi connectivity index (χ3n) is 5.18. The molecule has 0 unspecified atom stereocenters. The molecule has 0 radical (unpaired) electrons. The fourth-order valence-corrected chi connectivity index (χ4v) is 3.27. The van der Waals surface area contributed by atoms with Crippen molar-refractivity contribution in [3.63, 3.8) is 0 Å². The van der Waals surface area contributed by atoms with Crippen LogP contribution >= 0.6 is 0 Å². The van der Waals surface area contributed by atoms with E-state index < -0.39 is 12.1 Å². The van der Waals surface area contributed by atoms with Crippen molar-refractivity contribution in [1.82, 2.24) is 0 Å². The molecule has 3 aromatic carbocycles. The van der Waals surface area contributed by atoms with Gasteiger partial charge in [-0.05, 0) is 58.5 Å². The second kappa shape index (κ2) is 9.17. The molecule has 0 spiro atoms. The van der Waals surface area contributed by atoms with Gasteiger partial charge in [-0.3, -0.25) is 4.79 Å². The van der Waals surface area contributed by atoms with Crippen LogP contribution in [0.15, 0.2) is 66.7 Å². The van der Waals surface area contributed by atoms with E-state index in [2.05, 4.69) is 20.8 Å². The van der Waals surface area contributed by atoms with Crippen LogP contribution in [0.5, 0.6) is 5.75 Å². The summed E-state index contributed by atoms with van der Waals surface area (Å²) in [5.41, 5.74) is 2.55. The molecule has 160 valence electrons. The molecule has 0 aliphatic heterocycles. The fraction of sp³-hybridized carbons (Fsp3) is 0.259. The van der Waals surface area contributed by atoms with Crippen LogP contribution in [0.4, 0.5) is 0 Å². The normalized spacial score (nSPS) is 12.7. The van der Waals surface area contributed by atoms with Crippen molar-refractivity contribution in [1.29, 1.82) is 0 Å². The summed E-state index contributed by atoms with van der Waals surface area (Å²) in [7, 11) is 1.64. The Morgan fingerprint density at radius 2 is 1.55 bits per heavy atom. The van der Waals surface area contributed by atoms with Crippen LogP contribution in [-0.2, 0) is 14.9 Å². The second-order valence-electron chi connectivity index (χ2n) is 8.58. The summed E-state index contributed by atoms with van der Waals surface area (Å²) >= 11 is 0. The van der Waals surface area contributed by atoms with Crippen LogP contribution in [0, 0.1) is 0 Å². The average Bonchev–Trinajstić information content (AvgIpc) is 2.76. The van der Waals surface area contributed by atoms with Crippen LogP contribution in [0.25, 0.3) is 16.8 Å². The molecular weight excluding hydrogens is 388 g/mol. The highest BCUT2D eigenvalue weighted by Gasteiger charge is 2.20. The number of ketones is 1. The number of carbonyl (C=O) groups is 2. The van der Waals surface area contributed by atoms with Gasteiger partial charge in [0.15, 0.2) is 6.10 Å². The van der Waals surface area contributed by atoms with Gasteiger partial charge in [0.1, 0.15) is 5.75 Å². The first-order valence-corrected chi connectivity index (χ1v) is 10.3. The molecule has 0 N–H and O–H groups in total. The van der Waals surface area contributed by atoms with Gasteiger partial charge in [-0.15, -0.1) is 0 Å². The smallest absolute Gasteiger partial charge is 0.331 e. The highest BCUT2D eigenvalue weighted by atomic mass is 16.5. The number of esters is 1. The molecule has 3 aromatic rings. The monoisotopic (exact) mass is 416 g/mol. The predicted octanol–water partition coefficient (Wildman–Crippen LogP) is 5.97. The Hall–Kier alpha value is -3.40. The number of benzene rings is 3. The molecular formula is C27H28O4. The number of rotatable bonds is 6. The van der Waals surface area contributed by atoms with Gasteiger partial charge in [-0.1, -0.05) is 63.2 Å². The number of fused-ring (bicyclic) bond motifs is 1. The molecule has 0 saturated heterocycles. The van der Waals surface area contributed by atoms with E-state index in [1.807, 2.05) is 48.5 Å². The van der Waals surface area contributed by atoms with Crippen molar-refractivity contribution in [2.75, 3.05) is 7.11 Å². The van der Waals surface area contributed by atoms with E-state index in [0.717, 1.165) is 27.6 Å². The van der Waals surface area contributed by atoms with Crippen molar-refractivity contribution >= 4 is 28.6 Å². The molecule has 4 heteroatoms. The van der Waals surface area contributed by atoms with Crippen molar-refractivity contribution < 1.29 is 19.1 Å². The van der Waals surface area contributed by atoms with Crippen LogP contribution in [0.3, 0.4) is 0 Å². The van der Waals surface area contributed by atoms with E-state index in [1.165, 1.54) is 6.08 Å². The maximum atomic E-state index is 12.6. The zero-order valence-electron chi connectivity index (χ0n) is 18.6. The van der Waals surface area contributed by atoms with E-state index in [1.54, 1.807) is 32.2 Å². The Kier molecular flexibility index (Phi) is 6.59. The lowest BCUT2D eigenvalue weighted by atomic mass is 9.86. The summed E-state index contributed by atoms with van der Waals surface area (Å²) in [5, 5.41) is 2.09. The van der Waals surface area contributed by atoms with Crippen LogP contribution < -0.4 is 4.74 Å². The van der Waals surface area contributed by atoms with E-state index in [4.69, 9.17) is 9.47 Å². The number of Topliss-reactive ketones (excluding diaryl/α,β-unsaturated/α-hetero) is 1. The molecule has 31 heavy (non-hydrogen) atoms. The van der Waals surface area contributed by atoms with Gasteiger partial charge in [-0.25, -0.2) is 4.79 Å². The molecule has 0 bridgehead atoms. The first-order valence-electron chi connectivity index (χ1n) is 10.3. The van der Waals surface area contributed by atoms with E-state index >= 15 is 0 Å². The van der Waals surface area contributed by atoms with Crippen molar-refractivity contribution in [3.8, 4) is 5.75 Å². The van der Waals surface area contributed by atoms with Gasteiger partial charge < -0.3 is 9.47 Å². The standard InChI is InChI=1S/C27H28O4/c1-18(26(29)20-9-12-23(13-10-20)27(2,3)4)31-25(28)15-7-19-6-8-22-17-24(30-5)14-11-21(22)16-19/h6-18H,1-5H3/b15-7+/t18-/m0/s1. The maximum absolute atomic E-state index is 12.6. The quantitative estimate of drug-likeness (QED) is 0.282. The van der Waals surface area contributed by atoms with Crippen LogP contribution in [-0.4, -0.2) is 25.0 Å². The summed E-state index contributed by atoms with van der Waals surface area (Å²) in [6.07, 6.45) is 2.17. The summed E-state index contributed by atoms with van der Waals surface area (Å²) in [4.78, 5) is 24.8. The lowest BCUT2D eigenvalue weighted by Gasteiger charge is -2.19. The Morgan fingerprint density at radius 1 is 0.903 bits per heavy atom. The minimum Gasteiger partial charge on any atom is -0.497 e. The molecule has 0 amide bonds. The highest BCUT2D eigenvalue weighted by Crippen LogP contribution is 2.23. The first-order chi connectivity index (χ1) is 14.7. The lowest BCUT2D eigenvalue weighted by molar-refractivity contribution is -0.140. The molecule has 3 rings (SSSR count). The van der Waals surface area contributed by atoms with Gasteiger partial charge in [0.05, 0.1) is 7.11 Å². The highest BCUT2D eigenvalue weighted by molar-refractivity contribution is 6.01. The number of hydrogen-bond acceptors (Lipinski definition) is 4. The third-order valence-corrected chi connectivity index (χ3v) is 5.18. The number of carbonyl (C=O) groups excluding carboxylic acids is 2. The Morgan fingerprint density at radius 3 is 2.19 bits per heavy atom. The summed E-state index contributed by atoms with van der Waals surface area (Å²) in [6, 6.07) is 19.1. The summed E-state index contributed by atoms with van der Waals surface area (Å²) in [6.45, 7) is 7.95. The summed E-state index contributed by atoms with van der Waals surface area (Å²) < 4.78 is 10.5. The third kappa shape index (κ3) is 5.60. The first kappa shape index (κ1) is 22.3. The SMILES string of the molecule is COc1ccc2cc(/C=C/C(=O)O[C@@H](C)C(=O)c3ccc(C(C)(C)C)cc3)ccc2c1. The van der Waals surface area contributed by atoms with Crippen LogP contribution in [0.2, 0.25) is 0 Å². The molecule has 0 aromatic heterocycles. The van der Waals surface area contributed by atoms with E-state index in [0.29, 0.717) is 5.56 Å². The Labute approximate surface area is 183 Å². The Balaban J connectivity index is 1.63. The largest absolute Gasteiger partial charge is 0.497 e. The molecule has 1 atom stereocenters. The molecule has 4 nitrogen and oxygen atoms in total. The molecule has 0 fully saturated rings. The zero-order chi connectivity index (χ0) is 22.6. The van der Waals surface area contributed by atoms with Crippen LogP contribution in [0.1, 0.15) is 49.2 Å². The maximum Gasteiger partial charge on any atom is 0.331 e. The van der Waals surface area contributed by atoms with Gasteiger partial charge in [0.2, 0.25) is 5.78 Å².